The van der Waals surface area contributed by atoms with Crippen molar-refractivity contribution in [3.63, 3.8) is 0 Å². The summed E-state index contributed by atoms with van der Waals surface area (Å²) in [4.78, 5) is 0. The molecular formula is C134H124N5O5+5. The molecule has 10 heterocycles. The van der Waals surface area contributed by atoms with Crippen molar-refractivity contribution in [1.82, 2.24) is 0 Å². The van der Waals surface area contributed by atoms with Crippen LogP contribution in [0.5, 0.6) is 0 Å². The largest absolute Gasteiger partial charge is 0.455 e. The molecule has 0 atom stereocenters. The van der Waals surface area contributed by atoms with Crippen LogP contribution in [0, 0.1) is 41.5 Å². The van der Waals surface area contributed by atoms with Gasteiger partial charge in [-0.15, -0.1) is 0 Å². The Bertz CT molecular complexity index is 9440. The molecule has 0 unspecified atom stereocenters. The lowest BCUT2D eigenvalue weighted by Gasteiger charge is -2.22. The van der Waals surface area contributed by atoms with E-state index < -0.39 is 0 Å². The van der Waals surface area contributed by atoms with Crippen molar-refractivity contribution in [2.24, 2.45) is 35.2 Å². The maximum absolute atomic E-state index is 6.55. The molecule has 0 spiro atoms. The molecule has 2 aliphatic carbocycles. The number of pyridine rings is 5. The van der Waals surface area contributed by atoms with Gasteiger partial charge in [0, 0.05) is 114 Å². The van der Waals surface area contributed by atoms with Crippen LogP contribution in [0.2, 0.25) is 0 Å². The van der Waals surface area contributed by atoms with Gasteiger partial charge in [-0.05, 0) is 231 Å². The molecule has 15 aromatic carbocycles. The summed E-state index contributed by atoms with van der Waals surface area (Å²) in [5, 5.41) is 24.8. The fourth-order valence-electron chi connectivity index (χ4n) is 24.0. The first-order chi connectivity index (χ1) is 70.0. The second-order valence-corrected chi connectivity index (χ2v) is 41.9. The van der Waals surface area contributed by atoms with Gasteiger partial charge in [-0.1, -0.05) is 279 Å². The van der Waals surface area contributed by atoms with E-state index >= 15 is 0 Å². The third kappa shape index (κ3) is 16.0. The summed E-state index contributed by atoms with van der Waals surface area (Å²) in [6.45, 7) is 24.5. The van der Waals surface area contributed by atoms with Crippen molar-refractivity contribution in [2.75, 3.05) is 0 Å². The summed E-state index contributed by atoms with van der Waals surface area (Å²) < 4.78 is 43.6. The number of hydrogen-bond donors (Lipinski definition) is 0. The van der Waals surface area contributed by atoms with Gasteiger partial charge in [-0.25, -0.2) is 22.8 Å². The molecule has 2 saturated carbocycles. The van der Waals surface area contributed by atoms with E-state index in [4.69, 9.17) is 22.1 Å². The zero-order chi connectivity index (χ0) is 98.8. The number of hydrogen-bond acceptors (Lipinski definition) is 5. The Hall–Kier alpha value is -15.7. The van der Waals surface area contributed by atoms with Crippen LogP contribution < -0.4 is 22.8 Å². The summed E-state index contributed by atoms with van der Waals surface area (Å²) in [6, 6.07) is 108. The third-order valence-electron chi connectivity index (χ3n) is 31.7. The standard InChI is InChI=1S/C29H28NO.C28H26NO.C27H26NO.C26H24NO.C24H20NO/c1-19-22-12-6-7-13-23(22)28-24-14-8-9-15-26(24)31-29(28)27(19)25-18-21(16-17-30(25)2)20-10-4-3-5-11-20;1-18-21-11-5-6-12-22(21)27-23-13-7-8-14-25(23)30-28(27)26(18)24-17-20(15-16-29(24)2)19-9-3-4-10-19;1-17-19-10-6-7-11-20(19)25-21-12-8-9-13-23(21)29-26(25)24(17)22-16-18(27(2,3)4)14-15-28(22)5;1-16(2)18-13-14-27(4)22(15-18)24-17(3)19-9-5-6-10-20(19)25-21-11-7-8-12-23(21)28-26(24)25;1-15-12-13-20(25(3)14-15)22-16(2)17-8-4-5-9-18(17)23-19-10-6-7-11-21(19)26-24(22)23/h6-9,12-18,20H,3-5,10-11H2,1-2H3;5-8,11-17,19H,3-4,9-10H2,1-2H3;6-16H,1-5H3;5-16H,1-4H3;4-14H,1-3H3/q5*+1. The van der Waals surface area contributed by atoms with E-state index in [0.717, 1.165) is 55.8 Å². The van der Waals surface area contributed by atoms with E-state index in [1.165, 1.54) is 277 Å². The molecule has 10 heteroatoms. The minimum Gasteiger partial charge on any atom is -0.455 e. The molecule has 2 aliphatic rings. The summed E-state index contributed by atoms with van der Waals surface area (Å²) in [5.41, 5.74) is 35.0. The quantitative estimate of drug-likeness (QED) is 0.142. The smallest absolute Gasteiger partial charge is 0.216 e. The average molecular weight is 1880 g/mol. The zero-order valence-electron chi connectivity index (χ0n) is 85.6. The van der Waals surface area contributed by atoms with Gasteiger partial charge in [0.15, 0.2) is 31.0 Å². The van der Waals surface area contributed by atoms with E-state index in [1.54, 1.807) is 0 Å². The van der Waals surface area contributed by atoms with E-state index in [1.807, 2.05) is 18.2 Å². The van der Waals surface area contributed by atoms with Crippen LogP contribution in [0.15, 0.2) is 356 Å². The topological polar surface area (TPSA) is 85.1 Å². The highest BCUT2D eigenvalue weighted by molar-refractivity contribution is 6.28. The van der Waals surface area contributed by atoms with Crippen LogP contribution in [0.4, 0.5) is 0 Å². The first-order valence-corrected chi connectivity index (χ1v) is 51.6. The van der Waals surface area contributed by atoms with Crippen molar-refractivity contribution in [2.45, 2.75) is 157 Å². The van der Waals surface area contributed by atoms with E-state index in [2.05, 4.69) is 450 Å². The number of rotatable bonds is 8. The molecule has 10 aromatic heterocycles. The predicted octanol–water partition coefficient (Wildman–Crippen LogP) is 34.1. The zero-order valence-corrected chi connectivity index (χ0v) is 85.6. The normalized spacial score (nSPS) is 13.3. The number of aryl methyl sites for hydroxylation is 11. The monoisotopic (exact) mass is 1880 g/mol. The Morgan fingerprint density at radius 3 is 0.792 bits per heavy atom. The van der Waals surface area contributed by atoms with Crippen molar-refractivity contribution in [1.29, 1.82) is 0 Å². The van der Waals surface area contributed by atoms with Crippen molar-refractivity contribution >= 4 is 164 Å². The number of furan rings is 5. The highest BCUT2D eigenvalue weighted by atomic mass is 16.3. The summed E-state index contributed by atoms with van der Waals surface area (Å²) >= 11 is 0. The van der Waals surface area contributed by atoms with Gasteiger partial charge in [0.2, 0.25) is 28.5 Å². The van der Waals surface area contributed by atoms with Crippen LogP contribution in [0.25, 0.3) is 220 Å². The van der Waals surface area contributed by atoms with Crippen molar-refractivity contribution in [3.05, 3.63) is 390 Å². The van der Waals surface area contributed by atoms with Crippen molar-refractivity contribution < 1.29 is 44.9 Å². The van der Waals surface area contributed by atoms with Gasteiger partial charge in [0.25, 0.3) is 0 Å². The third-order valence-corrected chi connectivity index (χ3v) is 31.7. The van der Waals surface area contributed by atoms with E-state index in [0.29, 0.717) is 17.8 Å². The molecule has 0 bridgehead atoms. The number of fused-ring (bicyclic) bond motifs is 25. The Kier molecular flexibility index (Phi) is 23.9. The van der Waals surface area contributed by atoms with Gasteiger partial charge in [0.05, 0.1) is 27.8 Å². The molecule has 0 amide bonds. The average Bonchev–Trinajstić information content (AvgIpc) is 1.71. The summed E-state index contributed by atoms with van der Waals surface area (Å²) in [7, 11) is 10.6. The van der Waals surface area contributed by atoms with Gasteiger partial charge < -0.3 is 22.1 Å². The molecule has 25 aromatic rings. The number of aromatic nitrogens is 5. The Morgan fingerprint density at radius 2 is 0.500 bits per heavy atom. The molecular weight excluding hydrogens is 1760 g/mol. The molecule has 27 rings (SSSR count). The molecule has 0 N–H and O–H groups in total. The number of nitrogens with zero attached hydrogens (tertiary/aromatic N) is 5. The predicted molar refractivity (Wildman–Crippen MR) is 597 cm³/mol. The van der Waals surface area contributed by atoms with Gasteiger partial charge in [-0.2, -0.15) is 0 Å². The molecule has 0 saturated heterocycles. The molecule has 2 fully saturated rings. The SMILES string of the molecule is Cc1c(-c2cc(C(C)(C)C)cc[n+]2C)c2oc3ccccc3c2c2ccccc12.Cc1c(-c2cc(C(C)C)cc[n+]2C)c2oc3ccccc3c2c2ccccc12.Cc1c(-c2cc(C3CCCC3)cc[n+]2C)c2oc3ccccc3c2c2ccccc12.Cc1c(-c2cc(C3CCCCC3)cc[n+]2C)c2oc3ccccc3c2c2ccccc12.Cc1ccc(-c2c(C)c3ccccc3c3c2oc2ccccc23)[n+](C)c1. The van der Waals surface area contributed by atoms with Crippen LogP contribution in [-0.4, -0.2) is 0 Å². The minimum atomic E-state index is 0.0841. The van der Waals surface area contributed by atoms with Crippen molar-refractivity contribution in [3.8, 4) is 56.3 Å². The fraction of sp³-hybridized carbons (Fsp3) is 0.216. The maximum atomic E-state index is 6.55. The lowest BCUT2D eigenvalue weighted by Crippen LogP contribution is -2.32. The highest BCUT2D eigenvalue weighted by Crippen LogP contribution is 2.51. The van der Waals surface area contributed by atoms with E-state index in [-0.39, 0.29) is 5.41 Å². The molecule has 144 heavy (non-hydrogen) atoms. The van der Waals surface area contributed by atoms with E-state index in [9.17, 15) is 0 Å². The van der Waals surface area contributed by atoms with Crippen LogP contribution in [-0.2, 0) is 40.7 Å². The number of benzene rings is 15. The lowest BCUT2D eigenvalue weighted by atomic mass is 9.83. The van der Waals surface area contributed by atoms with Gasteiger partial charge in [0.1, 0.15) is 91.1 Å². The fourth-order valence-corrected chi connectivity index (χ4v) is 24.0. The Balaban J connectivity index is 0.0000000998. The van der Waals surface area contributed by atoms with Gasteiger partial charge >= 0.3 is 0 Å². The molecule has 0 aliphatic heterocycles. The maximum Gasteiger partial charge on any atom is 0.216 e. The second-order valence-electron chi connectivity index (χ2n) is 41.9. The summed E-state index contributed by atoms with van der Waals surface area (Å²) in [5.74, 6) is 1.85. The van der Waals surface area contributed by atoms with Crippen LogP contribution >= 0.6 is 0 Å². The van der Waals surface area contributed by atoms with Crippen LogP contribution in [0.1, 0.15) is 166 Å². The molecule has 10 nitrogen and oxygen atoms in total. The lowest BCUT2D eigenvalue weighted by molar-refractivity contribution is -0.660. The van der Waals surface area contributed by atoms with Crippen LogP contribution in [0.3, 0.4) is 0 Å². The number of para-hydroxylation sites is 5. The minimum absolute atomic E-state index is 0.0841. The second kappa shape index (κ2) is 37.3. The summed E-state index contributed by atoms with van der Waals surface area (Å²) in [6.07, 6.45) is 23.0. The highest BCUT2D eigenvalue weighted by Gasteiger charge is 2.34. The molecule has 0 radical (unpaired) electrons. The Morgan fingerprint density at radius 1 is 0.250 bits per heavy atom. The van der Waals surface area contributed by atoms with Gasteiger partial charge in [-0.3, -0.25) is 0 Å². The Labute approximate surface area is 841 Å². The first kappa shape index (κ1) is 92.1. The first-order valence-electron chi connectivity index (χ1n) is 51.6. The molecule has 710 valence electrons.